The van der Waals surface area contributed by atoms with Gasteiger partial charge in [0.2, 0.25) is 5.78 Å². The summed E-state index contributed by atoms with van der Waals surface area (Å²) >= 11 is 0. The van der Waals surface area contributed by atoms with Gasteiger partial charge >= 0.3 is 5.97 Å². The molecule has 1 aromatic carbocycles. The van der Waals surface area contributed by atoms with Gasteiger partial charge in [-0.15, -0.1) is 0 Å². The second kappa shape index (κ2) is 4.36. The van der Waals surface area contributed by atoms with Crippen LogP contribution in [0.1, 0.15) is 17.3 Å². The molecule has 0 aromatic heterocycles. The highest BCUT2D eigenvalue weighted by Gasteiger charge is 2.08. The lowest BCUT2D eigenvalue weighted by atomic mass is 10.2. The smallest absolute Gasteiger partial charge is 0.335 e. The Hall–Kier alpha value is -2.17. The third-order valence-corrected chi connectivity index (χ3v) is 1.71. The number of aromatic carboxylic acids is 1. The van der Waals surface area contributed by atoms with Crippen LogP contribution in [0.2, 0.25) is 0 Å². The monoisotopic (exact) mass is 207 g/mol. The van der Waals surface area contributed by atoms with Gasteiger partial charge in [-0.2, -0.15) is 0 Å². The van der Waals surface area contributed by atoms with E-state index >= 15 is 0 Å². The first-order valence-electron chi connectivity index (χ1n) is 4.16. The number of amides is 1. The van der Waals surface area contributed by atoms with Crippen LogP contribution in [0, 0.1) is 0 Å². The summed E-state index contributed by atoms with van der Waals surface area (Å²) in [5.74, 6) is -2.37. The van der Waals surface area contributed by atoms with Crippen LogP contribution in [0.3, 0.4) is 0 Å². The Morgan fingerprint density at radius 1 is 1.13 bits per heavy atom. The zero-order valence-electron chi connectivity index (χ0n) is 7.98. The Morgan fingerprint density at radius 3 is 2.07 bits per heavy atom. The lowest BCUT2D eigenvalue weighted by Gasteiger charge is -2.02. The molecular weight excluding hydrogens is 198 g/mol. The number of anilines is 1. The molecule has 0 unspecified atom stereocenters. The normalized spacial score (nSPS) is 9.40. The number of ketones is 1. The predicted molar refractivity (Wildman–Crippen MR) is 52.7 cm³/mol. The van der Waals surface area contributed by atoms with E-state index in [-0.39, 0.29) is 5.56 Å². The second-order valence-electron chi connectivity index (χ2n) is 2.89. The van der Waals surface area contributed by atoms with Crippen LogP contribution in [0.4, 0.5) is 5.69 Å². The van der Waals surface area contributed by atoms with Crippen molar-refractivity contribution in [1.82, 2.24) is 0 Å². The number of carboxylic acids is 1. The third-order valence-electron chi connectivity index (χ3n) is 1.71. The SMILES string of the molecule is CC(=O)C(=O)Nc1ccc(C(=O)O)cc1. The van der Waals surface area contributed by atoms with Crippen LogP contribution < -0.4 is 5.32 Å². The van der Waals surface area contributed by atoms with Gasteiger partial charge in [0.25, 0.3) is 5.91 Å². The van der Waals surface area contributed by atoms with E-state index in [9.17, 15) is 14.4 Å². The molecule has 0 bridgehead atoms. The van der Waals surface area contributed by atoms with Gasteiger partial charge in [0.1, 0.15) is 0 Å². The van der Waals surface area contributed by atoms with Gasteiger partial charge in [0.05, 0.1) is 5.56 Å². The fourth-order valence-electron chi connectivity index (χ4n) is 0.915. The Balaban J connectivity index is 2.77. The van der Waals surface area contributed by atoms with Crippen molar-refractivity contribution in [2.75, 3.05) is 5.32 Å². The van der Waals surface area contributed by atoms with Crippen LogP contribution in [-0.2, 0) is 9.59 Å². The molecule has 5 nitrogen and oxygen atoms in total. The summed E-state index contributed by atoms with van der Waals surface area (Å²) in [6.45, 7) is 1.15. The van der Waals surface area contributed by atoms with Crippen molar-refractivity contribution in [1.29, 1.82) is 0 Å². The molecule has 15 heavy (non-hydrogen) atoms. The van der Waals surface area contributed by atoms with E-state index in [2.05, 4.69) is 5.32 Å². The first-order valence-corrected chi connectivity index (χ1v) is 4.16. The van der Waals surface area contributed by atoms with Crippen molar-refractivity contribution in [2.45, 2.75) is 6.92 Å². The van der Waals surface area contributed by atoms with Crippen molar-refractivity contribution >= 4 is 23.3 Å². The van der Waals surface area contributed by atoms with Gasteiger partial charge in [-0.3, -0.25) is 9.59 Å². The zero-order chi connectivity index (χ0) is 11.4. The van der Waals surface area contributed by atoms with Gasteiger partial charge in [-0.25, -0.2) is 4.79 Å². The van der Waals surface area contributed by atoms with E-state index in [0.717, 1.165) is 6.92 Å². The molecule has 0 saturated heterocycles. The standard InChI is InChI=1S/C10H9NO4/c1-6(12)9(13)11-8-4-2-7(3-5-8)10(14)15/h2-5H,1H3,(H,11,13)(H,14,15). The maximum Gasteiger partial charge on any atom is 0.335 e. The van der Waals surface area contributed by atoms with Gasteiger partial charge in [0, 0.05) is 12.6 Å². The number of rotatable bonds is 3. The molecule has 5 heteroatoms. The highest BCUT2D eigenvalue weighted by molar-refractivity contribution is 6.39. The average Bonchev–Trinajstić information content (AvgIpc) is 2.18. The number of benzene rings is 1. The maximum absolute atomic E-state index is 11.0. The first-order chi connectivity index (χ1) is 7.00. The molecule has 1 amide bonds. The molecular formula is C10H9NO4. The van der Waals surface area contributed by atoms with Crippen LogP contribution >= 0.6 is 0 Å². The summed E-state index contributed by atoms with van der Waals surface area (Å²) in [6, 6.07) is 5.53. The minimum atomic E-state index is -1.04. The summed E-state index contributed by atoms with van der Waals surface area (Å²) in [4.78, 5) is 32.1. The van der Waals surface area contributed by atoms with E-state index < -0.39 is 17.7 Å². The number of carbonyl (C=O) groups is 3. The topological polar surface area (TPSA) is 83.5 Å². The minimum absolute atomic E-state index is 0.121. The molecule has 78 valence electrons. The molecule has 0 aliphatic rings. The first kappa shape index (κ1) is 10.9. The molecule has 0 aliphatic carbocycles. The Labute approximate surface area is 85.7 Å². The fraction of sp³-hybridized carbons (Fsp3) is 0.100. The van der Waals surface area contributed by atoms with Crippen LogP contribution in [0.15, 0.2) is 24.3 Å². The Kier molecular flexibility index (Phi) is 3.17. The van der Waals surface area contributed by atoms with Crippen molar-refractivity contribution in [3.63, 3.8) is 0 Å². The summed E-state index contributed by atoms with van der Waals surface area (Å²) in [7, 11) is 0. The molecule has 0 spiro atoms. The van der Waals surface area contributed by atoms with Crippen molar-refractivity contribution in [3.8, 4) is 0 Å². The van der Waals surface area contributed by atoms with Crippen LogP contribution in [0.5, 0.6) is 0 Å². The molecule has 2 N–H and O–H groups in total. The summed E-state index contributed by atoms with van der Waals surface area (Å²) in [5, 5.41) is 10.9. The fourth-order valence-corrected chi connectivity index (χ4v) is 0.915. The lowest BCUT2D eigenvalue weighted by Crippen LogP contribution is -2.19. The quantitative estimate of drug-likeness (QED) is 0.721. The van der Waals surface area contributed by atoms with Gasteiger partial charge in [0.15, 0.2) is 0 Å². The van der Waals surface area contributed by atoms with Crippen molar-refractivity contribution < 1.29 is 19.5 Å². The summed E-state index contributed by atoms with van der Waals surface area (Å²) in [5.41, 5.74) is 0.510. The lowest BCUT2D eigenvalue weighted by molar-refractivity contribution is -0.133. The molecule has 0 radical (unpaired) electrons. The predicted octanol–water partition coefficient (Wildman–Crippen LogP) is 0.912. The highest BCUT2D eigenvalue weighted by atomic mass is 16.4. The minimum Gasteiger partial charge on any atom is -0.478 e. The average molecular weight is 207 g/mol. The van der Waals surface area contributed by atoms with E-state index in [4.69, 9.17) is 5.11 Å². The number of nitrogens with one attached hydrogen (secondary N) is 1. The number of hydrogen-bond donors (Lipinski definition) is 2. The summed E-state index contributed by atoms with van der Waals surface area (Å²) in [6.07, 6.45) is 0. The van der Waals surface area contributed by atoms with Gasteiger partial charge in [-0.1, -0.05) is 0 Å². The zero-order valence-corrected chi connectivity index (χ0v) is 7.98. The third kappa shape index (κ3) is 2.91. The molecule has 0 saturated carbocycles. The number of carboxylic acid groups (broad SMARTS) is 1. The molecule has 0 fully saturated rings. The van der Waals surface area contributed by atoms with Gasteiger partial charge in [-0.05, 0) is 24.3 Å². The Bertz CT molecular complexity index is 408. The number of hydrogen-bond acceptors (Lipinski definition) is 3. The molecule has 1 aromatic rings. The molecule has 0 aliphatic heterocycles. The maximum atomic E-state index is 11.0. The summed E-state index contributed by atoms with van der Waals surface area (Å²) < 4.78 is 0. The van der Waals surface area contributed by atoms with Crippen LogP contribution in [0.25, 0.3) is 0 Å². The second-order valence-corrected chi connectivity index (χ2v) is 2.89. The van der Waals surface area contributed by atoms with E-state index in [1.165, 1.54) is 24.3 Å². The van der Waals surface area contributed by atoms with Crippen molar-refractivity contribution in [3.05, 3.63) is 29.8 Å². The number of carbonyl (C=O) groups excluding carboxylic acids is 2. The highest BCUT2D eigenvalue weighted by Crippen LogP contribution is 2.09. The van der Waals surface area contributed by atoms with Crippen molar-refractivity contribution in [2.24, 2.45) is 0 Å². The Morgan fingerprint density at radius 2 is 1.67 bits per heavy atom. The van der Waals surface area contributed by atoms with E-state index in [1.807, 2.05) is 0 Å². The van der Waals surface area contributed by atoms with Crippen LogP contribution in [-0.4, -0.2) is 22.8 Å². The molecule has 1 rings (SSSR count). The van der Waals surface area contributed by atoms with E-state index in [1.54, 1.807) is 0 Å². The molecule has 0 heterocycles. The largest absolute Gasteiger partial charge is 0.478 e. The van der Waals surface area contributed by atoms with Gasteiger partial charge < -0.3 is 10.4 Å². The van der Waals surface area contributed by atoms with E-state index in [0.29, 0.717) is 5.69 Å². The number of Topliss-reactive ketones (excluding diaryl/α,β-unsaturated/α-hetero) is 1. The molecule has 0 atom stereocenters.